The summed E-state index contributed by atoms with van der Waals surface area (Å²) in [5, 5.41) is 4.24. The van der Waals surface area contributed by atoms with Crippen LogP contribution in [0.25, 0.3) is 11.4 Å². The van der Waals surface area contributed by atoms with E-state index in [9.17, 15) is 4.79 Å². The second-order valence-electron chi connectivity index (χ2n) is 5.08. The Balaban J connectivity index is 2.01. The molecule has 2 N–H and O–H groups in total. The first-order valence-electron chi connectivity index (χ1n) is 7.07. The average Bonchev–Trinajstić information content (AvgIpc) is 2.96. The number of aryl methyl sites for hydroxylation is 1. The maximum atomic E-state index is 12.6. The highest BCUT2D eigenvalue weighted by atomic mass is 16.5. The summed E-state index contributed by atoms with van der Waals surface area (Å²) in [6, 6.07) is 14.6. The molecular weight excluding hydrogens is 292 g/mol. The molecule has 0 bridgehead atoms. The van der Waals surface area contributed by atoms with Crippen LogP contribution >= 0.6 is 0 Å². The van der Waals surface area contributed by atoms with E-state index < -0.39 is 0 Å². The van der Waals surface area contributed by atoms with Crippen molar-refractivity contribution < 1.29 is 9.53 Å². The van der Waals surface area contributed by atoms with Gasteiger partial charge in [-0.1, -0.05) is 42.0 Å². The lowest BCUT2D eigenvalue weighted by Gasteiger charge is -2.06. The van der Waals surface area contributed by atoms with E-state index >= 15 is 0 Å². The number of anilines is 1. The standard InChI is InChI=1S/C17H16N4O2/c1-11-7-9-12(10-8-11)15-19-17(18)21(20-15)16(22)13-5-3-4-6-14(13)23-2/h3-10H,1-2H3,(H2,18,19,20). The third kappa shape index (κ3) is 2.78. The normalized spacial score (nSPS) is 10.5. The van der Waals surface area contributed by atoms with Gasteiger partial charge in [0.15, 0.2) is 5.82 Å². The number of rotatable bonds is 3. The first-order valence-corrected chi connectivity index (χ1v) is 7.07. The summed E-state index contributed by atoms with van der Waals surface area (Å²) < 4.78 is 6.30. The molecular formula is C17H16N4O2. The molecule has 0 atom stereocenters. The Morgan fingerprint density at radius 1 is 1.13 bits per heavy atom. The fraction of sp³-hybridized carbons (Fsp3) is 0.118. The van der Waals surface area contributed by atoms with Crippen molar-refractivity contribution in [1.29, 1.82) is 0 Å². The molecule has 1 aromatic heterocycles. The maximum absolute atomic E-state index is 12.6. The molecule has 0 unspecified atom stereocenters. The van der Waals surface area contributed by atoms with E-state index in [0.29, 0.717) is 17.1 Å². The van der Waals surface area contributed by atoms with E-state index in [1.54, 1.807) is 24.3 Å². The lowest BCUT2D eigenvalue weighted by Crippen LogP contribution is -2.17. The largest absolute Gasteiger partial charge is 0.496 e. The Labute approximate surface area is 133 Å². The lowest BCUT2D eigenvalue weighted by molar-refractivity contribution is 0.0945. The van der Waals surface area contributed by atoms with E-state index in [2.05, 4.69) is 10.1 Å². The van der Waals surface area contributed by atoms with Crippen molar-refractivity contribution in [2.45, 2.75) is 6.92 Å². The Morgan fingerprint density at radius 3 is 2.52 bits per heavy atom. The SMILES string of the molecule is COc1ccccc1C(=O)n1nc(-c2ccc(C)cc2)nc1N. The van der Waals surface area contributed by atoms with Gasteiger partial charge in [-0.15, -0.1) is 5.10 Å². The molecule has 3 rings (SSSR count). The molecule has 0 aliphatic rings. The number of carbonyl (C=O) groups is 1. The van der Waals surface area contributed by atoms with Crippen molar-refractivity contribution in [1.82, 2.24) is 14.8 Å². The van der Waals surface area contributed by atoms with Crippen LogP contribution in [0.15, 0.2) is 48.5 Å². The minimum Gasteiger partial charge on any atom is -0.496 e. The van der Waals surface area contributed by atoms with E-state index in [0.717, 1.165) is 15.8 Å². The van der Waals surface area contributed by atoms with Gasteiger partial charge in [0.25, 0.3) is 5.91 Å². The van der Waals surface area contributed by atoms with Gasteiger partial charge in [-0.3, -0.25) is 4.79 Å². The van der Waals surface area contributed by atoms with Crippen molar-refractivity contribution in [3.8, 4) is 17.1 Å². The summed E-state index contributed by atoms with van der Waals surface area (Å²) in [6.45, 7) is 2.00. The van der Waals surface area contributed by atoms with Crippen LogP contribution in [0.2, 0.25) is 0 Å². The predicted octanol–water partition coefficient (Wildman–Crippen LogP) is 2.53. The van der Waals surface area contributed by atoms with Crippen LogP contribution in [0, 0.1) is 6.92 Å². The highest BCUT2D eigenvalue weighted by Crippen LogP contribution is 2.21. The fourth-order valence-electron chi connectivity index (χ4n) is 2.23. The van der Waals surface area contributed by atoms with Gasteiger partial charge in [0.2, 0.25) is 5.95 Å². The fourth-order valence-corrected chi connectivity index (χ4v) is 2.23. The van der Waals surface area contributed by atoms with Crippen LogP contribution < -0.4 is 10.5 Å². The maximum Gasteiger partial charge on any atom is 0.285 e. The molecule has 0 fully saturated rings. The summed E-state index contributed by atoms with van der Waals surface area (Å²) in [6.07, 6.45) is 0. The zero-order valence-corrected chi connectivity index (χ0v) is 12.9. The van der Waals surface area contributed by atoms with Gasteiger partial charge in [-0.25, -0.2) is 0 Å². The number of nitrogens with zero attached hydrogens (tertiary/aromatic N) is 3. The van der Waals surface area contributed by atoms with Gasteiger partial charge in [0.1, 0.15) is 5.75 Å². The number of methoxy groups -OCH3 is 1. The molecule has 3 aromatic rings. The number of hydrogen-bond donors (Lipinski definition) is 1. The van der Waals surface area contributed by atoms with Crippen molar-refractivity contribution in [2.24, 2.45) is 0 Å². The highest BCUT2D eigenvalue weighted by molar-refractivity contribution is 5.99. The van der Waals surface area contributed by atoms with Crippen molar-refractivity contribution in [2.75, 3.05) is 12.8 Å². The third-order valence-corrected chi connectivity index (χ3v) is 3.47. The molecule has 0 saturated carbocycles. The van der Waals surface area contributed by atoms with Gasteiger partial charge >= 0.3 is 0 Å². The number of benzene rings is 2. The number of carbonyl (C=O) groups excluding carboxylic acids is 1. The highest BCUT2D eigenvalue weighted by Gasteiger charge is 2.19. The molecule has 0 radical (unpaired) electrons. The van der Waals surface area contributed by atoms with Crippen LogP contribution in [0.3, 0.4) is 0 Å². The minimum atomic E-state index is -0.384. The monoisotopic (exact) mass is 308 g/mol. The van der Waals surface area contributed by atoms with E-state index in [1.165, 1.54) is 7.11 Å². The number of nitrogens with two attached hydrogens (primary N) is 1. The van der Waals surface area contributed by atoms with Gasteiger partial charge in [-0.05, 0) is 19.1 Å². The molecule has 0 amide bonds. The molecule has 2 aromatic carbocycles. The molecule has 6 heteroatoms. The quantitative estimate of drug-likeness (QED) is 0.804. The van der Waals surface area contributed by atoms with Crippen LogP contribution in [-0.4, -0.2) is 27.8 Å². The van der Waals surface area contributed by atoms with E-state index in [4.69, 9.17) is 10.5 Å². The smallest absolute Gasteiger partial charge is 0.285 e. The molecule has 0 spiro atoms. The molecule has 23 heavy (non-hydrogen) atoms. The zero-order valence-electron chi connectivity index (χ0n) is 12.9. The minimum absolute atomic E-state index is 0.0384. The first kappa shape index (κ1) is 14.8. The Morgan fingerprint density at radius 2 is 1.83 bits per heavy atom. The number of nitrogen functional groups attached to an aromatic ring is 1. The number of aromatic nitrogens is 3. The van der Waals surface area contributed by atoms with Gasteiger partial charge in [0.05, 0.1) is 12.7 Å². The summed E-state index contributed by atoms with van der Waals surface area (Å²) in [5.41, 5.74) is 8.17. The molecule has 1 heterocycles. The number of hydrogen-bond acceptors (Lipinski definition) is 5. The van der Waals surface area contributed by atoms with E-state index in [1.807, 2.05) is 31.2 Å². The summed E-state index contributed by atoms with van der Waals surface area (Å²) >= 11 is 0. The van der Waals surface area contributed by atoms with Crippen molar-refractivity contribution >= 4 is 11.9 Å². The van der Waals surface area contributed by atoms with E-state index in [-0.39, 0.29) is 11.9 Å². The van der Waals surface area contributed by atoms with Crippen LogP contribution in [0.1, 0.15) is 15.9 Å². The lowest BCUT2D eigenvalue weighted by atomic mass is 10.1. The summed E-state index contributed by atoms with van der Waals surface area (Å²) in [4.78, 5) is 16.8. The van der Waals surface area contributed by atoms with Gasteiger partial charge in [-0.2, -0.15) is 9.67 Å². The zero-order chi connectivity index (χ0) is 16.4. The Hall–Kier alpha value is -3.15. The van der Waals surface area contributed by atoms with Crippen molar-refractivity contribution in [3.63, 3.8) is 0 Å². The van der Waals surface area contributed by atoms with Crippen LogP contribution in [0.4, 0.5) is 5.95 Å². The molecule has 0 aliphatic carbocycles. The first-order chi connectivity index (χ1) is 11.1. The average molecular weight is 308 g/mol. The summed E-state index contributed by atoms with van der Waals surface area (Å²) in [5.74, 6) is 0.525. The predicted molar refractivity (Wildman–Crippen MR) is 87.3 cm³/mol. The Kier molecular flexibility index (Phi) is 3.80. The topological polar surface area (TPSA) is 83.0 Å². The number of para-hydroxylation sites is 1. The second-order valence-corrected chi connectivity index (χ2v) is 5.08. The Bertz CT molecular complexity index is 853. The van der Waals surface area contributed by atoms with Crippen LogP contribution in [0.5, 0.6) is 5.75 Å². The van der Waals surface area contributed by atoms with Gasteiger partial charge < -0.3 is 10.5 Å². The molecule has 6 nitrogen and oxygen atoms in total. The third-order valence-electron chi connectivity index (χ3n) is 3.47. The molecule has 116 valence electrons. The molecule has 0 saturated heterocycles. The summed E-state index contributed by atoms with van der Waals surface area (Å²) in [7, 11) is 1.51. The number of ether oxygens (including phenoxy) is 1. The van der Waals surface area contributed by atoms with Crippen LogP contribution in [-0.2, 0) is 0 Å². The van der Waals surface area contributed by atoms with Crippen molar-refractivity contribution in [3.05, 3.63) is 59.7 Å². The van der Waals surface area contributed by atoms with Gasteiger partial charge in [0, 0.05) is 5.56 Å². The second kappa shape index (κ2) is 5.92. The molecule has 0 aliphatic heterocycles.